The van der Waals surface area contributed by atoms with Crippen LogP contribution in [0.3, 0.4) is 0 Å². The normalized spacial score (nSPS) is 14.6. The Bertz CT molecular complexity index is 2370. The summed E-state index contributed by atoms with van der Waals surface area (Å²) in [5.74, 6) is -2.30. The fourth-order valence-corrected chi connectivity index (χ4v) is 11.6. The fraction of sp³-hybridized carbons (Fsp3) is 0.704. The molecule has 0 spiro atoms. The van der Waals surface area contributed by atoms with Gasteiger partial charge in [0, 0.05) is 25.7 Å². The monoisotopic (exact) mass is 1440 g/mol. The van der Waals surface area contributed by atoms with Gasteiger partial charge in [-0.05, 0) is 122 Å². The molecule has 0 fully saturated rings. The van der Waals surface area contributed by atoms with E-state index in [9.17, 15) is 43.2 Å². The lowest BCUT2D eigenvalue weighted by Crippen LogP contribution is -2.30. The van der Waals surface area contributed by atoms with Gasteiger partial charge in [0.2, 0.25) is 0 Å². The van der Waals surface area contributed by atoms with Gasteiger partial charge >= 0.3 is 39.5 Å². The van der Waals surface area contributed by atoms with Crippen LogP contribution >= 0.6 is 15.6 Å². The van der Waals surface area contributed by atoms with E-state index in [1.54, 1.807) is 0 Å². The Morgan fingerprint density at radius 3 is 0.920 bits per heavy atom. The molecule has 19 heteroatoms. The number of unbranched alkanes of at least 4 members (excludes halogenated alkanes) is 26. The molecule has 0 aliphatic heterocycles. The third-order valence-corrected chi connectivity index (χ3v) is 17.8. The van der Waals surface area contributed by atoms with Crippen molar-refractivity contribution in [1.29, 1.82) is 0 Å². The number of ether oxygens (including phenoxy) is 4. The van der Waals surface area contributed by atoms with E-state index in [1.165, 1.54) is 70.6 Å². The van der Waals surface area contributed by atoms with Gasteiger partial charge in [0.15, 0.2) is 12.2 Å². The first kappa shape index (κ1) is 95.5. The van der Waals surface area contributed by atoms with Gasteiger partial charge in [-0.2, -0.15) is 0 Å². The molecule has 0 aromatic heterocycles. The summed E-state index contributed by atoms with van der Waals surface area (Å²) < 4.78 is 68.4. The van der Waals surface area contributed by atoms with Crippen LogP contribution in [0.15, 0.2) is 122 Å². The minimum absolute atomic E-state index is 0.0311. The number of esters is 4. The molecule has 17 nitrogen and oxygen atoms in total. The van der Waals surface area contributed by atoms with Crippen molar-refractivity contribution in [2.75, 3.05) is 39.6 Å². The van der Waals surface area contributed by atoms with Crippen LogP contribution in [0.2, 0.25) is 0 Å². The second kappa shape index (κ2) is 72.8. The van der Waals surface area contributed by atoms with Crippen molar-refractivity contribution >= 4 is 39.5 Å². The molecule has 0 saturated carbocycles. The number of rotatable bonds is 72. The summed E-state index contributed by atoms with van der Waals surface area (Å²) in [6, 6.07) is 0. The van der Waals surface area contributed by atoms with Crippen molar-refractivity contribution in [3.63, 3.8) is 0 Å². The molecular weight excluding hydrogens is 1310 g/mol. The number of aliphatic hydroxyl groups excluding tert-OH is 1. The fourth-order valence-electron chi connectivity index (χ4n) is 10.0. The molecule has 0 aromatic rings. The molecule has 0 aromatic carbocycles. The van der Waals surface area contributed by atoms with E-state index in [-0.39, 0.29) is 25.7 Å². The molecule has 3 N–H and O–H groups in total. The highest BCUT2D eigenvalue weighted by atomic mass is 31.2. The highest BCUT2D eigenvalue weighted by molar-refractivity contribution is 7.47. The second-order valence-corrected chi connectivity index (χ2v) is 28.5. The summed E-state index contributed by atoms with van der Waals surface area (Å²) in [6.45, 7) is 4.56. The lowest BCUT2D eigenvalue weighted by molar-refractivity contribution is -0.161. The molecule has 0 aliphatic rings. The van der Waals surface area contributed by atoms with Crippen molar-refractivity contribution < 1.29 is 80.2 Å². The average Bonchev–Trinajstić information content (AvgIpc) is 0.946. The van der Waals surface area contributed by atoms with Gasteiger partial charge < -0.3 is 33.8 Å². The number of phosphoric acid groups is 2. The number of carbonyl (C=O) groups excluding carboxylic acids is 4. The lowest BCUT2D eigenvalue weighted by atomic mass is 10.0. The molecule has 574 valence electrons. The summed E-state index contributed by atoms with van der Waals surface area (Å²) in [4.78, 5) is 72.8. The molecule has 0 saturated heterocycles. The number of aliphatic hydroxyl groups is 1. The van der Waals surface area contributed by atoms with Crippen LogP contribution in [0, 0.1) is 0 Å². The zero-order chi connectivity index (χ0) is 73.2. The van der Waals surface area contributed by atoms with Crippen molar-refractivity contribution in [2.45, 2.75) is 329 Å². The maximum absolute atomic E-state index is 13.1. The van der Waals surface area contributed by atoms with Crippen LogP contribution in [-0.4, -0.2) is 96.7 Å². The number of hydrogen-bond acceptors (Lipinski definition) is 15. The van der Waals surface area contributed by atoms with Crippen molar-refractivity contribution in [3.05, 3.63) is 122 Å². The molecule has 5 unspecified atom stereocenters. The third-order valence-electron chi connectivity index (χ3n) is 15.9. The molecule has 5 atom stereocenters. The SMILES string of the molecule is CC/C=C\C/C=C\C/C=C\C/C=C\C/C=C\C/C=C\CCC(=O)OCC(COP(=O)(O)OCC(O)COP(=O)(O)OCC(COC(=O)CCCCCCC/C=C\C/C=C\CCC)OC(=O)CCCCCCCCCCCCCCC)OC(=O)CCCCCCC/C=C\C/C=C\CCCCC. The Hall–Kier alpha value is -4.54. The van der Waals surface area contributed by atoms with Gasteiger partial charge in [-0.25, -0.2) is 9.13 Å². The molecule has 0 amide bonds. The number of hydrogen-bond donors (Lipinski definition) is 3. The number of carbonyl (C=O) groups is 4. The van der Waals surface area contributed by atoms with E-state index in [0.717, 1.165) is 154 Å². The lowest BCUT2D eigenvalue weighted by Gasteiger charge is -2.21. The summed E-state index contributed by atoms with van der Waals surface area (Å²) >= 11 is 0. The van der Waals surface area contributed by atoms with Crippen molar-refractivity contribution in [2.24, 2.45) is 0 Å². The quantitative estimate of drug-likeness (QED) is 0.0169. The highest BCUT2D eigenvalue weighted by Crippen LogP contribution is 2.45. The zero-order valence-electron chi connectivity index (χ0n) is 62.6. The van der Waals surface area contributed by atoms with Gasteiger partial charge in [0.25, 0.3) is 0 Å². The van der Waals surface area contributed by atoms with E-state index < -0.39 is 97.5 Å². The predicted octanol–water partition coefficient (Wildman–Crippen LogP) is 22.3. The van der Waals surface area contributed by atoms with Crippen molar-refractivity contribution in [1.82, 2.24) is 0 Å². The van der Waals surface area contributed by atoms with E-state index in [1.807, 2.05) is 18.2 Å². The minimum atomic E-state index is -5.00. The van der Waals surface area contributed by atoms with Gasteiger partial charge in [-0.1, -0.05) is 284 Å². The third kappa shape index (κ3) is 71.8. The van der Waals surface area contributed by atoms with Crippen LogP contribution in [0.5, 0.6) is 0 Å². The molecule has 0 aliphatic carbocycles. The second-order valence-electron chi connectivity index (χ2n) is 25.6. The predicted molar refractivity (Wildman–Crippen MR) is 408 cm³/mol. The number of phosphoric ester groups is 2. The minimum Gasteiger partial charge on any atom is -0.462 e. The van der Waals surface area contributed by atoms with Gasteiger partial charge in [-0.15, -0.1) is 0 Å². The Balaban J connectivity index is 5.42. The highest BCUT2D eigenvalue weighted by Gasteiger charge is 2.30. The molecule has 0 bridgehead atoms. The summed E-state index contributed by atoms with van der Waals surface area (Å²) in [6.07, 6.45) is 79.1. The Labute approximate surface area is 606 Å². The Morgan fingerprint density at radius 2 is 0.560 bits per heavy atom. The zero-order valence-corrected chi connectivity index (χ0v) is 64.4. The summed E-state index contributed by atoms with van der Waals surface area (Å²) in [5, 5.41) is 10.6. The summed E-state index contributed by atoms with van der Waals surface area (Å²) in [7, 11) is -9.98. The first-order valence-electron chi connectivity index (χ1n) is 38.8. The van der Waals surface area contributed by atoms with E-state index in [0.29, 0.717) is 32.1 Å². The smallest absolute Gasteiger partial charge is 0.462 e. The average molecular weight is 1450 g/mol. The Kier molecular flexibility index (Phi) is 69.5. The molecule has 100 heavy (non-hydrogen) atoms. The van der Waals surface area contributed by atoms with Crippen LogP contribution < -0.4 is 0 Å². The maximum Gasteiger partial charge on any atom is 0.472 e. The van der Waals surface area contributed by atoms with Crippen LogP contribution in [-0.2, 0) is 65.4 Å². The molecule has 0 rings (SSSR count). The maximum atomic E-state index is 13.1. The Morgan fingerprint density at radius 1 is 0.290 bits per heavy atom. The van der Waals surface area contributed by atoms with Crippen molar-refractivity contribution in [3.8, 4) is 0 Å². The number of allylic oxidation sites excluding steroid dienone is 20. The van der Waals surface area contributed by atoms with E-state index in [4.69, 9.17) is 37.0 Å². The molecular formula is C81H138O17P2. The van der Waals surface area contributed by atoms with E-state index >= 15 is 0 Å². The van der Waals surface area contributed by atoms with Gasteiger partial charge in [0.05, 0.1) is 26.4 Å². The van der Waals surface area contributed by atoms with Crippen LogP contribution in [0.1, 0.15) is 310 Å². The first-order chi connectivity index (χ1) is 48.7. The largest absolute Gasteiger partial charge is 0.472 e. The van der Waals surface area contributed by atoms with E-state index in [2.05, 4.69) is 131 Å². The first-order valence-corrected chi connectivity index (χ1v) is 41.8. The molecule has 0 heterocycles. The van der Waals surface area contributed by atoms with Crippen LogP contribution in [0.4, 0.5) is 0 Å². The topological polar surface area (TPSA) is 237 Å². The molecule has 0 radical (unpaired) electrons. The summed E-state index contributed by atoms with van der Waals surface area (Å²) in [5.41, 5.74) is 0. The standard InChI is InChI=1S/C81H138O17P2/c1-5-9-13-17-21-25-29-33-35-36-37-38-40-43-46-50-54-58-62-66-79(84)92-72-77(98-81(86)68-64-60-56-52-48-44-39-34-30-26-22-18-14-10-6-2)74-96-100(89,90)94-70-75(82)69-93-99(87,88)95-73-76(97-80(85)67-63-59-55-51-47-42-32-28-24-20-16-12-8-4)71-91-78(83)65-61-57-53-49-45-41-31-27-23-19-15-11-7-3/h9,13,15,19,21-22,25-27,31,33-35,37-39,43,46,54,58,75-77,82H,5-8,10-12,14,16-18,20,23-24,28-30,32,36,40-42,44-45,47-53,55-57,59-74H2,1-4H3,(H,87,88)(H,89,90)/b13-9-,19-15-,25-21-,26-22-,31-27-,35-33-,38-37-,39-34-,46-43-,58-54-. The van der Waals surface area contributed by atoms with Gasteiger partial charge in [0.1, 0.15) is 19.3 Å². The van der Waals surface area contributed by atoms with Crippen LogP contribution in [0.25, 0.3) is 0 Å². The van der Waals surface area contributed by atoms with Gasteiger partial charge in [-0.3, -0.25) is 37.3 Å².